The fourth-order valence-electron chi connectivity index (χ4n) is 0.572. The molecule has 0 saturated heterocycles. The maximum atomic E-state index is 10.8. The second-order valence-electron chi connectivity index (χ2n) is 2.15. The third kappa shape index (κ3) is 5.26. The van der Waals surface area contributed by atoms with Gasteiger partial charge in [-0.2, -0.15) is 0 Å². The van der Waals surface area contributed by atoms with E-state index in [0.717, 1.165) is 0 Å². The molecule has 1 unspecified atom stereocenters. The van der Waals surface area contributed by atoms with Crippen LogP contribution in [0.3, 0.4) is 0 Å². The molecule has 0 bridgehead atoms. The number of hydrogen-bond acceptors (Lipinski definition) is 3. The second-order valence-corrected chi connectivity index (χ2v) is 3.49. The summed E-state index contributed by atoms with van der Waals surface area (Å²) >= 11 is 0. The summed E-state index contributed by atoms with van der Waals surface area (Å²) in [6, 6.07) is -0.995. The van der Waals surface area contributed by atoms with Gasteiger partial charge >= 0.3 is 13.7 Å². The molecule has 0 spiro atoms. The highest BCUT2D eigenvalue weighted by atomic mass is 31.2. The zero-order chi connectivity index (χ0) is 9.78. The van der Waals surface area contributed by atoms with Crippen LogP contribution < -0.4 is 5.09 Å². The Morgan fingerprint density at radius 1 is 1.67 bits per heavy atom. The van der Waals surface area contributed by atoms with Gasteiger partial charge in [0.2, 0.25) is 0 Å². The highest BCUT2D eigenvalue weighted by Crippen LogP contribution is 2.28. The lowest BCUT2D eigenvalue weighted by atomic mass is 10.4. The van der Waals surface area contributed by atoms with E-state index >= 15 is 0 Å². The van der Waals surface area contributed by atoms with Crippen molar-refractivity contribution in [3.63, 3.8) is 0 Å². The van der Waals surface area contributed by atoms with Crippen molar-refractivity contribution in [2.45, 2.75) is 19.9 Å². The predicted molar refractivity (Wildman–Crippen MR) is 41.3 cm³/mol. The molecule has 7 heteroatoms. The average molecular weight is 197 g/mol. The number of nitrogens with one attached hydrogen (secondary N) is 1. The lowest BCUT2D eigenvalue weighted by molar-refractivity contribution is -0.144. The molecule has 12 heavy (non-hydrogen) atoms. The van der Waals surface area contributed by atoms with Gasteiger partial charge in [0.15, 0.2) is 0 Å². The van der Waals surface area contributed by atoms with Gasteiger partial charge in [-0.05, 0) is 13.8 Å². The minimum atomic E-state index is -4.35. The summed E-state index contributed by atoms with van der Waals surface area (Å²) in [6.45, 7) is 3.12. The minimum absolute atomic E-state index is 0.187. The van der Waals surface area contributed by atoms with Crippen LogP contribution in [0.1, 0.15) is 13.8 Å². The third-order valence-corrected chi connectivity index (χ3v) is 1.73. The molecule has 0 aliphatic heterocycles. The van der Waals surface area contributed by atoms with E-state index in [1.54, 1.807) is 12.0 Å². The number of rotatable bonds is 4. The smallest absolute Gasteiger partial charge is 0.401 e. The lowest BCUT2D eigenvalue weighted by Gasteiger charge is -2.12. The Hall–Kier alpha value is -0.420. The summed E-state index contributed by atoms with van der Waals surface area (Å²) in [4.78, 5) is 27.6. The zero-order valence-corrected chi connectivity index (χ0v) is 7.75. The van der Waals surface area contributed by atoms with Crippen LogP contribution in [0.2, 0.25) is 0 Å². The molecule has 0 aliphatic rings. The average Bonchev–Trinajstić information content (AvgIpc) is 1.84. The molecular weight excluding hydrogens is 185 g/mol. The quantitative estimate of drug-likeness (QED) is 0.420. The molecule has 0 aromatic rings. The van der Waals surface area contributed by atoms with Gasteiger partial charge in [-0.25, -0.2) is 9.65 Å². The second kappa shape index (κ2) is 4.57. The summed E-state index contributed by atoms with van der Waals surface area (Å²) in [5.74, 6) is -0.680. The third-order valence-electron chi connectivity index (χ3n) is 1.00. The van der Waals surface area contributed by atoms with E-state index in [1.807, 2.05) is 0 Å². The number of carbonyl (C=O) groups excluding carboxylic acids is 1. The van der Waals surface area contributed by atoms with E-state index in [4.69, 9.17) is 9.79 Å². The topological polar surface area (TPSA) is 95.9 Å². The van der Waals surface area contributed by atoms with Crippen LogP contribution in [0.4, 0.5) is 0 Å². The van der Waals surface area contributed by atoms with Gasteiger partial charge in [-0.15, -0.1) is 0 Å². The zero-order valence-electron chi connectivity index (χ0n) is 6.85. The summed E-state index contributed by atoms with van der Waals surface area (Å²) < 4.78 is 14.8. The largest absolute Gasteiger partial charge is 0.465 e. The van der Waals surface area contributed by atoms with E-state index in [-0.39, 0.29) is 6.61 Å². The number of hydrogen-bond donors (Lipinski definition) is 3. The first-order chi connectivity index (χ1) is 5.37. The molecule has 0 aromatic carbocycles. The van der Waals surface area contributed by atoms with Crippen molar-refractivity contribution in [3.8, 4) is 0 Å². The highest BCUT2D eigenvalue weighted by Gasteiger charge is 2.22. The molecule has 0 saturated carbocycles. The molecular formula is C5H12NO5P. The Bertz CT molecular complexity index is 200. The van der Waals surface area contributed by atoms with Gasteiger partial charge in [0.05, 0.1) is 6.61 Å². The van der Waals surface area contributed by atoms with E-state index in [2.05, 4.69) is 4.74 Å². The van der Waals surface area contributed by atoms with Gasteiger partial charge in [0, 0.05) is 0 Å². The fraction of sp³-hybridized carbons (Fsp3) is 0.800. The van der Waals surface area contributed by atoms with E-state index in [0.29, 0.717) is 0 Å². The van der Waals surface area contributed by atoms with E-state index < -0.39 is 19.8 Å². The molecule has 1 atom stereocenters. The number of carbonyl (C=O) groups is 1. The van der Waals surface area contributed by atoms with Crippen LogP contribution in [0.25, 0.3) is 0 Å². The monoisotopic (exact) mass is 197 g/mol. The molecule has 0 aromatic heterocycles. The van der Waals surface area contributed by atoms with Crippen LogP contribution in [0.15, 0.2) is 0 Å². The van der Waals surface area contributed by atoms with Gasteiger partial charge in [0.25, 0.3) is 0 Å². The number of ether oxygens (including phenoxy) is 1. The molecule has 6 nitrogen and oxygen atoms in total. The summed E-state index contributed by atoms with van der Waals surface area (Å²) in [5, 5.41) is 1.80. The molecule has 0 rings (SSSR count). The van der Waals surface area contributed by atoms with Crippen molar-refractivity contribution in [2.75, 3.05) is 6.61 Å². The molecule has 0 amide bonds. The maximum Gasteiger partial charge on any atom is 0.401 e. The summed E-state index contributed by atoms with van der Waals surface area (Å²) in [6.07, 6.45) is 0. The molecule has 72 valence electrons. The fourth-order valence-corrected chi connectivity index (χ4v) is 1.18. The van der Waals surface area contributed by atoms with E-state index in [9.17, 15) is 9.36 Å². The van der Waals surface area contributed by atoms with Crippen molar-refractivity contribution in [3.05, 3.63) is 0 Å². The van der Waals surface area contributed by atoms with Crippen LogP contribution in [-0.2, 0) is 14.1 Å². The first-order valence-corrected chi connectivity index (χ1v) is 4.98. The standard InChI is InChI=1S/C5H12NO5P/c1-3-11-5(7)4(2)6-12(8,9)10/h4H,3H2,1-2H3,(H3,6,8,9,10). The van der Waals surface area contributed by atoms with Crippen LogP contribution in [-0.4, -0.2) is 28.4 Å². The first kappa shape index (κ1) is 11.6. The van der Waals surface area contributed by atoms with Crippen molar-refractivity contribution in [1.82, 2.24) is 5.09 Å². The van der Waals surface area contributed by atoms with Crippen molar-refractivity contribution < 1.29 is 23.9 Å². The maximum absolute atomic E-state index is 10.8. The van der Waals surface area contributed by atoms with Crippen LogP contribution >= 0.6 is 7.75 Å². The predicted octanol–water partition coefficient (Wildman–Crippen LogP) is -0.380. The highest BCUT2D eigenvalue weighted by molar-refractivity contribution is 7.49. The SMILES string of the molecule is CCOC(=O)C(C)NP(=O)(O)O. The Balaban J connectivity index is 3.96. The van der Waals surface area contributed by atoms with Gasteiger partial charge in [-0.3, -0.25) is 4.79 Å². The normalized spacial score (nSPS) is 14.0. The minimum Gasteiger partial charge on any atom is -0.465 e. The summed E-state index contributed by atoms with van der Waals surface area (Å²) in [7, 11) is -4.35. The van der Waals surface area contributed by atoms with Gasteiger partial charge in [-0.1, -0.05) is 0 Å². The Morgan fingerprint density at radius 2 is 2.17 bits per heavy atom. The number of esters is 1. The lowest BCUT2D eigenvalue weighted by Crippen LogP contribution is -2.33. The van der Waals surface area contributed by atoms with Crippen LogP contribution in [0.5, 0.6) is 0 Å². The molecule has 3 N–H and O–H groups in total. The van der Waals surface area contributed by atoms with Gasteiger partial charge in [0.1, 0.15) is 6.04 Å². The van der Waals surface area contributed by atoms with E-state index in [1.165, 1.54) is 6.92 Å². The van der Waals surface area contributed by atoms with Crippen LogP contribution in [0, 0.1) is 0 Å². The van der Waals surface area contributed by atoms with Crippen molar-refractivity contribution in [1.29, 1.82) is 0 Å². The molecule has 0 fully saturated rings. The summed E-state index contributed by atoms with van der Waals surface area (Å²) in [5.41, 5.74) is 0. The van der Waals surface area contributed by atoms with Crippen molar-refractivity contribution in [2.24, 2.45) is 0 Å². The molecule has 0 heterocycles. The first-order valence-electron chi connectivity index (χ1n) is 3.36. The Kier molecular flexibility index (Phi) is 4.41. The van der Waals surface area contributed by atoms with Gasteiger partial charge < -0.3 is 14.5 Å². The Labute approximate surface area is 70.1 Å². The molecule has 0 radical (unpaired) electrons. The Morgan fingerprint density at radius 3 is 2.50 bits per heavy atom. The molecule has 0 aliphatic carbocycles. The van der Waals surface area contributed by atoms with Crippen molar-refractivity contribution >= 4 is 13.7 Å².